The highest BCUT2D eigenvalue weighted by atomic mass is 19.1. The van der Waals surface area contributed by atoms with E-state index >= 15 is 0 Å². The van der Waals surface area contributed by atoms with Crippen molar-refractivity contribution in [1.29, 1.82) is 0 Å². The maximum Gasteiger partial charge on any atom is 0.247 e. The first kappa shape index (κ1) is 18.9. The summed E-state index contributed by atoms with van der Waals surface area (Å²) >= 11 is 0. The third-order valence-corrected chi connectivity index (χ3v) is 5.94. The van der Waals surface area contributed by atoms with Gasteiger partial charge < -0.3 is 20.7 Å². The number of rotatable bonds is 3. The van der Waals surface area contributed by atoms with Gasteiger partial charge >= 0.3 is 0 Å². The maximum absolute atomic E-state index is 14.1. The Morgan fingerprint density at radius 2 is 2.14 bits per heavy atom. The van der Waals surface area contributed by atoms with Crippen molar-refractivity contribution < 1.29 is 23.1 Å². The van der Waals surface area contributed by atoms with Gasteiger partial charge in [0.1, 0.15) is 24.0 Å². The second-order valence-electron chi connectivity index (χ2n) is 7.71. The van der Waals surface area contributed by atoms with Gasteiger partial charge in [0.2, 0.25) is 11.8 Å². The van der Waals surface area contributed by atoms with Gasteiger partial charge in [-0.1, -0.05) is 5.57 Å². The molecule has 1 fully saturated rings. The van der Waals surface area contributed by atoms with E-state index in [0.717, 1.165) is 30.7 Å². The zero-order chi connectivity index (χ0) is 20.0. The Kier molecular flexibility index (Phi) is 4.82. The van der Waals surface area contributed by atoms with Gasteiger partial charge in [-0.15, -0.1) is 0 Å². The van der Waals surface area contributed by atoms with E-state index in [1.165, 1.54) is 0 Å². The molecule has 0 radical (unpaired) electrons. The molecule has 6 nitrogen and oxygen atoms in total. The number of hydrogen-bond acceptors (Lipinski definition) is 4. The molecular formula is C20H23F2N3O3. The Labute approximate surface area is 161 Å². The highest BCUT2D eigenvalue weighted by molar-refractivity contribution is 6.00. The quantitative estimate of drug-likeness (QED) is 0.733. The average Bonchev–Trinajstić information content (AvgIpc) is 3.01. The number of carbonyl (C=O) groups is 2. The lowest BCUT2D eigenvalue weighted by Crippen LogP contribution is -2.57. The first-order valence-electron chi connectivity index (χ1n) is 9.50. The van der Waals surface area contributed by atoms with Crippen LogP contribution in [0.3, 0.4) is 0 Å². The molecule has 3 aliphatic heterocycles. The summed E-state index contributed by atoms with van der Waals surface area (Å²) < 4.78 is 32.7. The molecule has 3 heterocycles. The molecular weight excluding hydrogens is 368 g/mol. The third-order valence-electron chi connectivity index (χ3n) is 5.94. The second kappa shape index (κ2) is 7.16. The number of fused-ring (bicyclic) bond motifs is 2. The number of hydrogen-bond donors (Lipinski definition) is 3. The lowest BCUT2D eigenvalue weighted by molar-refractivity contribution is -0.124. The molecule has 0 spiro atoms. The molecule has 150 valence electrons. The molecule has 3 N–H and O–H groups in total. The van der Waals surface area contributed by atoms with Crippen LogP contribution in [0.4, 0.5) is 8.78 Å². The van der Waals surface area contributed by atoms with Crippen LogP contribution in [0, 0.1) is 17.6 Å². The molecule has 0 aromatic heterocycles. The molecule has 3 aliphatic rings. The molecule has 3 unspecified atom stereocenters. The van der Waals surface area contributed by atoms with E-state index in [4.69, 9.17) is 4.74 Å². The van der Waals surface area contributed by atoms with Crippen LogP contribution in [-0.4, -0.2) is 37.0 Å². The monoisotopic (exact) mass is 391 g/mol. The van der Waals surface area contributed by atoms with Crippen LogP contribution in [0.2, 0.25) is 0 Å². The highest BCUT2D eigenvalue weighted by Gasteiger charge is 2.39. The van der Waals surface area contributed by atoms with Crippen molar-refractivity contribution in [2.75, 3.05) is 13.2 Å². The predicted octanol–water partition coefficient (Wildman–Crippen LogP) is 1.72. The summed E-state index contributed by atoms with van der Waals surface area (Å²) in [6.07, 6.45) is 0.756. The Morgan fingerprint density at radius 3 is 2.93 bits per heavy atom. The average molecular weight is 391 g/mol. The maximum atomic E-state index is 14.1. The summed E-state index contributed by atoms with van der Waals surface area (Å²) in [4.78, 5) is 25.1. The van der Waals surface area contributed by atoms with E-state index in [2.05, 4.69) is 22.9 Å². The van der Waals surface area contributed by atoms with Crippen LogP contribution in [0.25, 0.3) is 0 Å². The van der Waals surface area contributed by atoms with Gasteiger partial charge in [-0.05, 0) is 26.8 Å². The molecule has 28 heavy (non-hydrogen) atoms. The summed E-state index contributed by atoms with van der Waals surface area (Å²) in [5.74, 6) is -1.87. The fourth-order valence-electron chi connectivity index (χ4n) is 4.61. The zero-order valence-corrected chi connectivity index (χ0v) is 15.8. The Bertz CT molecular complexity index is 870. The lowest BCUT2D eigenvalue weighted by atomic mass is 9.76. The predicted molar refractivity (Wildman–Crippen MR) is 97.6 cm³/mol. The summed E-state index contributed by atoms with van der Waals surface area (Å²) in [6, 6.07) is 1.44. The minimum Gasteiger partial charge on any atom is -0.490 e. The molecule has 1 saturated heterocycles. The van der Waals surface area contributed by atoms with Crippen LogP contribution >= 0.6 is 0 Å². The summed E-state index contributed by atoms with van der Waals surface area (Å²) in [5, 5.41) is 9.13. The number of benzene rings is 1. The first-order valence-corrected chi connectivity index (χ1v) is 9.50. The van der Waals surface area contributed by atoms with Crippen molar-refractivity contribution in [3.8, 4) is 5.75 Å². The number of piperidine rings is 1. The van der Waals surface area contributed by atoms with Gasteiger partial charge in [0.05, 0.1) is 18.0 Å². The van der Waals surface area contributed by atoms with Crippen molar-refractivity contribution in [2.24, 2.45) is 5.92 Å². The molecule has 4 atom stereocenters. The van der Waals surface area contributed by atoms with Crippen molar-refractivity contribution in [2.45, 2.75) is 44.8 Å². The SMILES string of the molecule is CC1=C(CC(=O)N[C@@H]2COc3cc(F)cc(F)c32)C(=O)NC2CCNC(C)C12. The zero-order valence-electron chi connectivity index (χ0n) is 15.8. The van der Waals surface area contributed by atoms with E-state index in [-0.39, 0.29) is 48.2 Å². The number of amides is 2. The molecule has 4 rings (SSSR count). The Morgan fingerprint density at radius 1 is 1.36 bits per heavy atom. The standard InChI is InChI=1S/C20H23F2N3O3/c1-9-12(20(27)25-14-3-4-23-10(2)18(9)14)7-17(26)24-15-8-28-16-6-11(21)5-13(22)19(15)16/h5-6,10,14-15,18,23H,3-4,7-8H2,1-2H3,(H,24,26)(H,25,27)/t10?,14?,15-,18?/m1/s1. The van der Waals surface area contributed by atoms with Crippen LogP contribution < -0.4 is 20.7 Å². The number of carbonyl (C=O) groups excluding carboxylic acids is 2. The highest BCUT2D eigenvalue weighted by Crippen LogP contribution is 2.36. The van der Waals surface area contributed by atoms with Gasteiger partial charge in [0, 0.05) is 35.7 Å². The first-order chi connectivity index (χ1) is 13.3. The number of halogens is 2. The normalized spacial score (nSPS) is 28.9. The summed E-state index contributed by atoms with van der Waals surface area (Å²) in [6.45, 7) is 4.85. The van der Waals surface area contributed by atoms with Gasteiger partial charge in [0.25, 0.3) is 0 Å². The van der Waals surface area contributed by atoms with E-state index in [9.17, 15) is 18.4 Å². The van der Waals surface area contributed by atoms with Gasteiger partial charge in [-0.3, -0.25) is 9.59 Å². The van der Waals surface area contributed by atoms with Gasteiger partial charge in [-0.2, -0.15) is 0 Å². The molecule has 0 aliphatic carbocycles. The minimum absolute atomic E-state index is 0.0251. The van der Waals surface area contributed by atoms with E-state index in [1.807, 2.05) is 6.92 Å². The molecule has 1 aromatic carbocycles. The van der Waals surface area contributed by atoms with Crippen molar-refractivity contribution in [3.63, 3.8) is 0 Å². The largest absolute Gasteiger partial charge is 0.490 e. The number of nitrogens with one attached hydrogen (secondary N) is 3. The van der Waals surface area contributed by atoms with Crippen LogP contribution in [0.1, 0.15) is 38.3 Å². The van der Waals surface area contributed by atoms with Crippen LogP contribution in [0.15, 0.2) is 23.3 Å². The third kappa shape index (κ3) is 3.26. The fourth-order valence-corrected chi connectivity index (χ4v) is 4.61. The van der Waals surface area contributed by atoms with E-state index in [0.29, 0.717) is 5.57 Å². The smallest absolute Gasteiger partial charge is 0.247 e. The molecule has 1 aromatic rings. The van der Waals surface area contributed by atoms with Crippen molar-refractivity contribution >= 4 is 11.8 Å². The Balaban J connectivity index is 1.50. The molecule has 0 bridgehead atoms. The summed E-state index contributed by atoms with van der Waals surface area (Å²) in [5.41, 5.74) is 1.51. The lowest BCUT2D eigenvalue weighted by Gasteiger charge is -2.42. The number of ether oxygens (including phenoxy) is 1. The van der Waals surface area contributed by atoms with E-state index < -0.39 is 23.6 Å². The van der Waals surface area contributed by atoms with Gasteiger partial charge in [0.15, 0.2) is 0 Å². The van der Waals surface area contributed by atoms with Crippen molar-refractivity contribution in [1.82, 2.24) is 16.0 Å². The second-order valence-corrected chi connectivity index (χ2v) is 7.71. The fraction of sp³-hybridized carbons (Fsp3) is 0.500. The Hall–Kier alpha value is -2.48. The molecule has 8 heteroatoms. The topological polar surface area (TPSA) is 79.5 Å². The molecule has 0 saturated carbocycles. The minimum atomic E-state index is -0.756. The van der Waals surface area contributed by atoms with Crippen molar-refractivity contribution in [3.05, 3.63) is 40.5 Å². The van der Waals surface area contributed by atoms with Crippen LogP contribution in [-0.2, 0) is 9.59 Å². The summed E-state index contributed by atoms with van der Waals surface area (Å²) in [7, 11) is 0. The van der Waals surface area contributed by atoms with E-state index in [1.54, 1.807) is 0 Å². The van der Waals surface area contributed by atoms with Gasteiger partial charge in [-0.25, -0.2) is 8.78 Å². The van der Waals surface area contributed by atoms with Crippen LogP contribution in [0.5, 0.6) is 5.75 Å². The molecule has 2 amide bonds.